The summed E-state index contributed by atoms with van der Waals surface area (Å²) in [5.74, 6) is 0.782. The third-order valence-corrected chi connectivity index (χ3v) is 4.20. The number of sulfone groups is 1. The van der Waals surface area contributed by atoms with Crippen molar-refractivity contribution in [1.82, 2.24) is 10.6 Å². The highest BCUT2D eigenvalue weighted by atomic mass is 127. The monoisotopic (exact) mass is 439 g/mol. The summed E-state index contributed by atoms with van der Waals surface area (Å²) in [6.07, 6.45) is 2.26. The van der Waals surface area contributed by atoms with Crippen molar-refractivity contribution in [2.75, 3.05) is 19.3 Å². The Morgan fingerprint density at radius 3 is 2.41 bits per heavy atom. The quantitative estimate of drug-likeness (QED) is 0.406. The molecule has 126 valence electrons. The molecule has 0 aromatic heterocycles. The predicted octanol–water partition coefficient (Wildman–Crippen LogP) is 2.48. The summed E-state index contributed by atoms with van der Waals surface area (Å²) in [7, 11) is -3.16. The Morgan fingerprint density at radius 2 is 1.91 bits per heavy atom. The van der Waals surface area contributed by atoms with Gasteiger partial charge in [-0.2, -0.15) is 0 Å². The second kappa shape index (κ2) is 10.0. The topological polar surface area (TPSA) is 70.6 Å². The summed E-state index contributed by atoms with van der Waals surface area (Å²) < 4.78 is 23.2. The number of hydrogen-bond donors (Lipinski definition) is 2. The molecule has 0 fully saturated rings. The van der Waals surface area contributed by atoms with Crippen molar-refractivity contribution in [2.45, 2.75) is 38.6 Å². The Morgan fingerprint density at radius 1 is 1.23 bits per heavy atom. The van der Waals surface area contributed by atoms with Crippen LogP contribution in [0.1, 0.15) is 31.4 Å². The molecule has 1 aromatic carbocycles. The summed E-state index contributed by atoms with van der Waals surface area (Å²) in [6, 6.07) is 5.35. The maximum atomic E-state index is 11.6. The smallest absolute Gasteiger partial charge is 0.191 e. The van der Waals surface area contributed by atoms with Gasteiger partial charge in [0, 0.05) is 19.3 Å². The molecule has 0 atom stereocenters. The van der Waals surface area contributed by atoms with Crippen LogP contribution in [0.3, 0.4) is 0 Å². The number of rotatable bonds is 6. The normalized spacial score (nSPS) is 11.7. The molecule has 1 rings (SSSR count). The van der Waals surface area contributed by atoms with Crippen LogP contribution < -0.4 is 10.6 Å². The number of benzene rings is 1. The van der Waals surface area contributed by atoms with Crippen LogP contribution in [0.15, 0.2) is 28.1 Å². The van der Waals surface area contributed by atoms with Crippen LogP contribution in [-0.4, -0.2) is 33.7 Å². The van der Waals surface area contributed by atoms with E-state index in [9.17, 15) is 8.42 Å². The molecule has 0 spiro atoms. The van der Waals surface area contributed by atoms with Crippen molar-refractivity contribution >= 4 is 39.8 Å². The Kier molecular flexibility index (Phi) is 9.66. The van der Waals surface area contributed by atoms with E-state index in [0.717, 1.165) is 36.6 Å². The molecular formula is C15H26IN3O2S. The lowest BCUT2D eigenvalue weighted by Gasteiger charge is -2.11. The zero-order chi connectivity index (χ0) is 15.9. The fourth-order valence-corrected chi connectivity index (χ4v) is 2.94. The van der Waals surface area contributed by atoms with E-state index in [-0.39, 0.29) is 24.0 Å². The van der Waals surface area contributed by atoms with Gasteiger partial charge in [-0.25, -0.2) is 13.4 Å². The van der Waals surface area contributed by atoms with Gasteiger partial charge >= 0.3 is 0 Å². The van der Waals surface area contributed by atoms with E-state index < -0.39 is 9.84 Å². The fourth-order valence-electron chi connectivity index (χ4n) is 1.98. The molecule has 2 N–H and O–H groups in total. The molecular weight excluding hydrogens is 413 g/mol. The van der Waals surface area contributed by atoms with E-state index in [1.54, 1.807) is 6.07 Å². The second-order valence-corrected chi connectivity index (χ2v) is 6.98. The standard InChI is InChI=1S/C15H25N3O2S.HI/c1-5-9-17-15(16-6-2)18-11-13-7-8-14(12(3)10-13)21(4,19)20;/h7-8,10H,5-6,9,11H2,1-4H3,(H2,16,17,18);1H. The van der Waals surface area contributed by atoms with E-state index in [4.69, 9.17) is 0 Å². The van der Waals surface area contributed by atoms with Gasteiger partial charge < -0.3 is 10.6 Å². The van der Waals surface area contributed by atoms with Gasteiger partial charge in [0.1, 0.15) is 0 Å². The number of guanidine groups is 1. The van der Waals surface area contributed by atoms with E-state index in [0.29, 0.717) is 11.4 Å². The third kappa shape index (κ3) is 6.95. The van der Waals surface area contributed by atoms with Crippen LogP contribution in [0, 0.1) is 6.92 Å². The second-order valence-electron chi connectivity index (χ2n) is 4.99. The highest BCUT2D eigenvalue weighted by Crippen LogP contribution is 2.17. The van der Waals surface area contributed by atoms with Gasteiger partial charge in [0.15, 0.2) is 15.8 Å². The largest absolute Gasteiger partial charge is 0.357 e. The van der Waals surface area contributed by atoms with Gasteiger partial charge in [-0.1, -0.05) is 19.1 Å². The Balaban J connectivity index is 0.00000441. The van der Waals surface area contributed by atoms with Gasteiger partial charge in [0.05, 0.1) is 11.4 Å². The Hall–Kier alpha value is -0.830. The minimum Gasteiger partial charge on any atom is -0.357 e. The molecule has 0 saturated heterocycles. The molecule has 0 saturated carbocycles. The lowest BCUT2D eigenvalue weighted by molar-refractivity contribution is 0.601. The number of hydrogen-bond acceptors (Lipinski definition) is 3. The first-order valence-corrected chi connectivity index (χ1v) is 9.09. The van der Waals surface area contributed by atoms with Gasteiger partial charge in [-0.3, -0.25) is 0 Å². The molecule has 0 aliphatic rings. The van der Waals surface area contributed by atoms with E-state index in [2.05, 4.69) is 22.5 Å². The maximum absolute atomic E-state index is 11.6. The van der Waals surface area contributed by atoms with Crippen LogP contribution in [0.5, 0.6) is 0 Å². The molecule has 22 heavy (non-hydrogen) atoms. The summed E-state index contributed by atoms with van der Waals surface area (Å²) in [5.41, 5.74) is 1.75. The average Bonchev–Trinajstić information content (AvgIpc) is 2.40. The summed E-state index contributed by atoms with van der Waals surface area (Å²) in [4.78, 5) is 4.88. The first-order chi connectivity index (χ1) is 9.88. The molecule has 0 aliphatic heterocycles. The van der Waals surface area contributed by atoms with Crippen LogP contribution >= 0.6 is 24.0 Å². The molecule has 5 nitrogen and oxygen atoms in total. The number of nitrogens with zero attached hydrogens (tertiary/aromatic N) is 1. The third-order valence-electron chi connectivity index (χ3n) is 2.95. The minimum atomic E-state index is -3.16. The van der Waals surface area contributed by atoms with E-state index in [1.807, 2.05) is 26.0 Å². The molecule has 7 heteroatoms. The number of aliphatic imine (C=N–C) groups is 1. The van der Waals surface area contributed by atoms with Crippen LogP contribution in [0.4, 0.5) is 0 Å². The zero-order valence-electron chi connectivity index (χ0n) is 13.6. The maximum Gasteiger partial charge on any atom is 0.191 e. The Bertz CT molecular complexity index is 601. The van der Waals surface area contributed by atoms with Crippen LogP contribution in [-0.2, 0) is 16.4 Å². The highest BCUT2D eigenvalue weighted by molar-refractivity contribution is 14.0. The van der Waals surface area contributed by atoms with Gasteiger partial charge in [-0.15, -0.1) is 24.0 Å². The predicted molar refractivity (Wildman–Crippen MR) is 103 cm³/mol. The fraction of sp³-hybridized carbons (Fsp3) is 0.533. The molecule has 0 heterocycles. The van der Waals surface area contributed by atoms with Crippen molar-refractivity contribution in [3.05, 3.63) is 29.3 Å². The first-order valence-electron chi connectivity index (χ1n) is 7.20. The van der Waals surface area contributed by atoms with Crippen molar-refractivity contribution in [2.24, 2.45) is 4.99 Å². The van der Waals surface area contributed by atoms with Crippen molar-refractivity contribution in [3.63, 3.8) is 0 Å². The van der Waals surface area contributed by atoms with Crippen LogP contribution in [0.25, 0.3) is 0 Å². The molecule has 0 radical (unpaired) electrons. The zero-order valence-corrected chi connectivity index (χ0v) is 16.8. The average molecular weight is 439 g/mol. The molecule has 0 bridgehead atoms. The number of aryl methyl sites for hydroxylation is 1. The summed E-state index contributed by atoms with van der Waals surface area (Å²) in [6.45, 7) is 8.13. The van der Waals surface area contributed by atoms with Crippen molar-refractivity contribution in [3.8, 4) is 0 Å². The summed E-state index contributed by atoms with van der Waals surface area (Å²) >= 11 is 0. The lowest BCUT2D eigenvalue weighted by Crippen LogP contribution is -2.37. The molecule has 0 amide bonds. The highest BCUT2D eigenvalue weighted by Gasteiger charge is 2.10. The number of nitrogens with one attached hydrogen (secondary N) is 2. The Labute approximate surface area is 150 Å². The van der Waals surface area contributed by atoms with Crippen molar-refractivity contribution < 1.29 is 8.42 Å². The molecule has 0 unspecified atom stereocenters. The lowest BCUT2D eigenvalue weighted by atomic mass is 10.1. The van der Waals surface area contributed by atoms with Gasteiger partial charge in [0.2, 0.25) is 0 Å². The van der Waals surface area contributed by atoms with Crippen LogP contribution in [0.2, 0.25) is 0 Å². The molecule has 1 aromatic rings. The van der Waals surface area contributed by atoms with Gasteiger partial charge in [0.25, 0.3) is 0 Å². The SMILES string of the molecule is CCCNC(=NCc1ccc(S(C)(=O)=O)c(C)c1)NCC.I. The van der Waals surface area contributed by atoms with E-state index >= 15 is 0 Å². The summed E-state index contributed by atoms with van der Waals surface area (Å²) in [5, 5.41) is 6.41. The number of halogens is 1. The first kappa shape index (κ1) is 21.2. The molecule has 0 aliphatic carbocycles. The van der Waals surface area contributed by atoms with Crippen molar-refractivity contribution in [1.29, 1.82) is 0 Å². The van der Waals surface area contributed by atoms with E-state index in [1.165, 1.54) is 6.26 Å². The van der Waals surface area contributed by atoms with Gasteiger partial charge in [-0.05, 0) is 37.5 Å². The minimum absolute atomic E-state index is 0.